The Bertz CT molecular complexity index is 1160. The lowest BCUT2D eigenvalue weighted by Gasteiger charge is -2.17. The van der Waals surface area contributed by atoms with Crippen LogP contribution in [0.2, 0.25) is 0 Å². The van der Waals surface area contributed by atoms with E-state index in [-0.39, 0.29) is 0 Å². The van der Waals surface area contributed by atoms with Gasteiger partial charge in [-0.2, -0.15) is 0 Å². The molecule has 2 heterocycles. The molecule has 2 aromatic heterocycles. The van der Waals surface area contributed by atoms with Gasteiger partial charge in [-0.05, 0) is 55.2 Å². The van der Waals surface area contributed by atoms with Crippen LogP contribution in [0, 0.1) is 6.92 Å². The summed E-state index contributed by atoms with van der Waals surface area (Å²) >= 11 is 5.58. The Morgan fingerprint density at radius 3 is 2.69 bits per heavy atom. The number of fused-ring (bicyclic) bond motifs is 5. The average Bonchev–Trinajstić information content (AvgIpc) is 3.15. The van der Waals surface area contributed by atoms with Crippen LogP contribution in [0.3, 0.4) is 0 Å². The molecular weight excluding hydrogens is 402 g/mol. The molecule has 0 fully saturated rings. The average molecular weight is 420 g/mol. The maximum absolute atomic E-state index is 4.05. The third-order valence-electron chi connectivity index (χ3n) is 5.32. The zero-order valence-electron chi connectivity index (χ0n) is 14.6. The predicted molar refractivity (Wildman–Crippen MR) is 117 cm³/mol. The highest BCUT2D eigenvalue weighted by atomic mass is 79.9. The highest BCUT2D eigenvalue weighted by Gasteiger charge is 2.28. The number of hydrogen-bond acceptors (Lipinski definition) is 1. The Morgan fingerprint density at radius 2 is 1.92 bits per heavy atom. The van der Waals surface area contributed by atoms with Gasteiger partial charge < -0.3 is 4.57 Å². The minimum atomic E-state index is 1.06. The van der Waals surface area contributed by atoms with Gasteiger partial charge in [-0.15, -0.1) is 11.3 Å². The second-order valence-electron chi connectivity index (χ2n) is 6.74. The molecular formula is C23H18BrNS. The van der Waals surface area contributed by atoms with E-state index in [9.17, 15) is 0 Å². The van der Waals surface area contributed by atoms with Gasteiger partial charge in [0, 0.05) is 36.6 Å². The smallest absolute Gasteiger partial charge is 0.0549 e. The van der Waals surface area contributed by atoms with E-state index in [0.717, 1.165) is 17.3 Å². The minimum Gasteiger partial charge on any atom is -0.313 e. The van der Waals surface area contributed by atoms with E-state index in [0.29, 0.717) is 0 Å². The van der Waals surface area contributed by atoms with Crippen molar-refractivity contribution < 1.29 is 0 Å². The topological polar surface area (TPSA) is 4.93 Å². The number of para-hydroxylation sites is 1. The third-order valence-corrected chi connectivity index (χ3v) is 6.99. The van der Waals surface area contributed by atoms with Crippen LogP contribution in [0.15, 0.2) is 59.6 Å². The van der Waals surface area contributed by atoms with Crippen molar-refractivity contribution in [2.75, 3.05) is 0 Å². The van der Waals surface area contributed by atoms with E-state index >= 15 is 0 Å². The maximum Gasteiger partial charge on any atom is 0.0549 e. The van der Waals surface area contributed by atoms with Crippen LogP contribution in [-0.2, 0) is 12.8 Å². The molecule has 0 saturated carbocycles. The number of nitrogens with zero attached hydrogens (tertiary/aromatic N) is 1. The van der Waals surface area contributed by atoms with Crippen molar-refractivity contribution in [3.05, 3.63) is 81.3 Å². The lowest BCUT2D eigenvalue weighted by Crippen LogP contribution is -2.07. The Kier molecular flexibility index (Phi) is 3.70. The summed E-state index contributed by atoms with van der Waals surface area (Å²) in [4.78, 5) is 2.80. The van der Waals surface area contributed by atoms with Crippen LogP contribution in [0.25, 0.3) is 33.1 Å². The van der Waals surface area contributed by atoms with Crippen molar-refractivity contribution in [3.63, 3.8) is 0 Å². The first kappa shape index (κ1) is 16.1. The molecule has 1 nitrogen and oxygen atoms in total. The fourth-order valence-electron chi connectivity index (χ4n) is 4.24. The van der Waals surface area contributed by atoms with E-state index < -0.39 is 0 Å². The van der Waals surface area contributed by atoms with Crippen LogP contribution in [0.5, 0.6) is 0 Å². The number of halogens is 1. The summed E-state index contributed by atoms with van der Waals surface area (Å²) in [6, 6.07) is 17.4. The van der Waals surface area contributed by atoms with Crippen LogP contribution in [0.4, 0.5) is 0 Å². The molecule has 1 aliphatic carbocycles. The highest BCUT2D eigenvalue weighted by molar-refractivity contribution is 9.10. The van der Waals surface area contributed by atoms with Crippen molar-refractivity contribution in [1.29, 1.82) is 0 Å². The normalized spacial score (nSPS) is 12.8. The summed E-state index contributed by atoms with van der Waals surface area (Å²) in [5.74, 6) is 0. The maximum atomic E-state index is 4.05. The first-order valence-corrected chi connectivity index (χ1v) is 10.4. The summed E-state index contributed by atoms with van der Waals surface area (Å²) in [6.07, 6.45) is 4.17. The van der Waals surface area contributed by atoms with Gasteiger partial charge in [-0.3, -0.25) is 0 Å². The minimum absolute atomic E-state index is 1.06. The molecule has 3 heteroatoms. The molecule has 0 atom stereocenters. The van der Waals surface area contributed by atoms with Crippen LogP contribution in [-0.4, -0.2) is 4.57 Å². The molecule has 0 spiro atoms. The Hall–Kier alpha value is -2.10. The summed E-state index contributed by atoms with van der Waals surface area (Å²) in [7, 11) is 0. The molecule has 4 aromatic rings. The molecule has 0 bridgehead atoms. The van der Waals surface area contributed by atoms with Gasteiger partial charge in [0.05, 0.1) is 5.52 Å². The zero-order chi connectivity index (χ0) is 17.8. The molecule has 0 amide bonds. The molecule has 0 aliphatic heterocycles. The summed E-state index contributed by atoms with van der Waals surface area (Å²) < 4.78 is 3.56. The molecule has 0 unspecified atom stereocenters. The quantitative estimate of drug-likeness (QED) is 0.324. The summed E-state index contributed by atoms with van der Waals surface area (Å²) in [6.45, 7) is 6.26. The largest absolute Gasteiger partial charge is 0.313 e. The Morgan fingerprint density at radius 1 is 1.12 bits per heavy atom. The van der Waals surface area contributed by atoms with Crippen molar-refractivity contribution in [2.24, 2.45) is 0 Å². The molecule has 1 aliphatic rings. The van der Waals surface area contributed by atoms with Crippen molar-refractivity contribution in [2.45, 2.75) is 19.8 Å². The number of hydrogen-bond donors (Lipinski definition) is 0. The second-order valence-corrected chi connectivity index (χ2v) is 8.88. The fraction of sp³-hybridized carbons (Fsp3) is 0.130. The molecule has 26 heavy (non-hydrogen) atoms. The van der Waals surface area contributed by atoms with E-state index in [2.05, 4.69) is 82.5 Å². The van der Waals surface area contributed by atoms with Crippen molar-refractivity contribution in [3.8, 4) is 16.1 Å². The van der Waals surface area contributed by atoms with E-state index in [4.69, 9.17) is 0 Å². The number of aryl methyl sites for hydroxylation is 1. The van der Waals surface area contributed by atoms with E-state index in [1.807, 2.05) is 17.4 Å². The lowest BCUT2D eigenvalue weighted by atomic mass is 9.92. The SMILES string of the molecule is C=Cc1c(C)sc2c1CCc1c-2c2ccc(Br)cc2n1-c1ccccc1. The number of rotatable bonds is 2. The molecule has 128 valence electrons. The van der Waals surface area contributed by atoms with Crippen LogP contribution < -0.4 is 0 Å². The Balaban J connectivity index is 1.92. The first-order valence-electron chi connectivity index (χ1n) is 8.82. The molecule has 0 radical (unpaired) electrons. The zero-order valence-corrected chi connectivity index (χ0v) is 17.0. The predicted octanol–water partition coefficient (Wildman–Crippen LogP) is 7.17. The summed E-state index contributed by atoms with van der Waals surface area (Å²) in [5.41, 5.74) is 8.16. The van der Waals surface area contributed by atoms with Gasteiger partial charge in [0.1, 0.15) is 0 Å². The van der Waals surface area contributed by atoms with Gasteiger partial charge in [-0.25, -0.2) is 0 Å². The van der Waals surface area contributed by atoms with Crippen LogP contribution >= 0.6 is 27.3 Å². The molecule has 2 aromatic carbocycles. The molecule has 5 rings (SSSR count). The standard InChI is InChI=1S/C23H18BrNS/c1-3-17-14(2)26-23-18(17)11-12-20-22(23)19-10-9-15(24)13-21(19)25(20)16-7-5-4-6-8-16/h3-10,13H,1,11-12H2,2H3. The van der Waals surface area contributed by atoms with Gasteiger partial charge in [0.15, 0.2) is 0 Å². The number of benzene rings is 2. The van der Waals surface area contributed by atoms with Gasteiger partial charge in [-0.1, -0.05) is 52.9 Å². The molecule has 0 saturated heterocycles. The third kappa shape index (κ3) is 2.20. The Labute approximate surface area is 165 Å². The van der Waals surface area contributed by atoms with Gasteiger partial charge in [0.2, 0.25) is 0 Å². The number of thiophene rings is 1. The van der Waals surface area contributed by atoms with E-state index in [1.165, 1.54) is 48.7 Å². The van der Waals surface area contributed by atoms with Crippen molar-refractivity contribution >= 4 is 44.2 Å². The fourth-order valence-corrected chi connectivity index (χ4v) is 5.88. The van der Waals surface area contributed by atoms with Crippen LogP contribution in [0.1, 0.15) is 21.7 Å². The first-order chi connectivity index (χ1) is 12.7. The lowest BCUT2D eigenvalue weighted by molar-refractivity contribution is 0.868. The van der Waals surface area contributed by atoms with E-state index in [1.54, 1.807) is 0 Å². The van der Waals surface area contributed by atoms with Crippen molar-refractivity contribution in [1.82, 2.24) is 4.57 Å². The summed E-state index contributed by atoms with van der Waals surface area (Å²) in [5, 5.41) is 1.34. The second kappa shape index (κ2) is 5.97. The molecule has 0 N–H and O–H groups in total. The van der Waals surface area contributed by atoms with Gasteiger partial charge >= 0.3 is 0 Å². The highest BCUT2D eigenvalue weighted by Crippen LogP contribution is 2.48. The van der Waals surface area contributed by atoms with Gasteiger partial charge in [0.25, 0.3) is 0 Å². The monoisotopic (exact) mass is 419 g/mol. The number of aromatic nitrogens is 1.